The molecular weight excluding hydrogens is 293 g/mol. The second-order valence-electron chi connectivity index (χ2n) is 4.17. The number of benzene rings is 2. The predicted molar refractivity (Wildman–Crippen MR) is 92.7 cm³/mol. The summed E-state index contributed by atoms with van der Waals surface area (Å²) in [5, 5.41) is 0. The first-order valence-electron chi connectivity index (χ1n) is 5.75. The molecule has 19 heavy (non-hydrogen) atoms. The van der Waals surface area contributed by atoms with Crippen molar-refractivity contribution in [3.05, 3.63) is 48.5 Å². The summed E-state index contributed by atoms with van der Waals surface area (Å²) in [7, 11) is 6.89. The van der Waals surface area contributed by atoms with E-state index in [1.165, 1.54) is 11.1 Å². The zero-order valence-electron chi connectivity index (χ0n) is 10.6. The van der Waals surface area contributed by atoms with Crippen molar-refractivity contribution in [1.29, 1.82) is 0 Å². The van der Waals surface area contributed by atoms with Crippen LogP contribution in [0.1, 0.15) is 0 Å². The van der Waals surface area contributed by atoms with Gasteiger partial charge in [0.25, 0.3) is 0 Å². The van der Waals surface area contributed by atoms with Gasteiger partial charge in [-0.15, -0.1) is 0 Å². The van der Waals surface area contributed by atoms with Gasteiger partial charge in [-0.05, 0) is 54.2 Å². The van der Waals surface area contributed by atoms with E-state index in [2.05, 4.69) is 55.2 Å². The van der Waals surface area contributed by atoms with Crippen molar-refractivity contribution < 1.29 is 4.89 Å². The van der Waals surface area contributed by atoms with E-state index in [9.17, 15) is 0 Å². The third kappa shape index (κ3) is 3.65. The van der Waals surface area contributed by atoms with E-state index in [4.69, 9.17) is 4.89 Å². The van der Waals surface area contributed by atoms with Crippen molar-refractivity contribution in [2.45, 2.75) is 0 Å². The van der Waals surface area contributed by atoms with Crippen LogP contribution in [0.3, 0.4) is 0 Å². The molecule has 2 rings (SSSR count). The van der Waals surface area contributed by atoms with Gasteiger partial charge in [0.15, 0.2) is 0 Å². The average molecular weight is 310 g/mol. The molecule has 1 N–H and O–H groups in total. The van der Waals surface area contributed by atoms with Gasteiger partial charge in [-0.1, -0.05) is 24.3 Å². The Bertz CT molecular complexity index is 529. The molecule has 0 heterocycles. The molecule has 3 unspecified atom stereocenters. The molecule has 0 aliphatic carbocycles. The zero-order chi connectivity index (χ0) is 13.8. The van der Waals surface area contributed by atoms with Crippen molar-refractivity contribution in [2.75, 3.05) is 16.2 Å². The smallest absolute Gasteiger partial charge is 0.117 e. The van der Waals surface area contributed by atoms with Crippen molar-refractivity contribution in [3.63, 3.8) is 0 Å². The molecule has 0 saturated carbocycles. The average Bonchev–Trinajstić information content (AvgIpc) is 2.46. The number of hydrogen-bond acceptors (Lipinski definition) is 3. The van der Waals surface area contributed by atoms with Gasteiger partial charge in [0.05, 0.1) is 0 Å². The molecule has 0 aromatic heterocycles. The van der Waals surface area contributed by atoms with Gasteiger partial charge in [-0.3, -0.25) is 0 Å². The van der Waals surface area contributed by atoms with Crippen LogP contribution in [0.4, 0.5) is 11.4 Å². The van der Waals surface area contributed by atoms with Crippen LogP contribution in [0.25, 0.3) is 11.1 Å². The third-order valence-corrected chi connectivity index (χ3v) is 4.28. The largest absolute Gasteiger partial charge is 0.359 e. The number of rotatable bonds is 4. The van der Waals surface area contributed by atoms with Gasteiger partial charge in [0.2, 0.25) is 0 Å². The maximum absolute atomic E-state index is 9.08. The van der Waals surface area contributed by atoms with Crippen molar-refractivity contribution >= 4 is 39.1 Å². The Labute approximate surface area is 120 Å². The molecule has 6 heteroatoms. The van der Waals surface area contributed by atoms with E-state index in [-0.39, 0.29) is 8.96 Å². The molecule has 0 amide bonds. The van der Waals surface area contributed by atoms with E-state index in [1.54, 1.807) is 4.44 Å². The predicted octanol–water partition coefficient (Wildman–Crippen LogP) is 3.68. The quantitative estimate of drug-likeness (QED) is 0.873. The van der Waals surface area contributed by atoms with Gasteiger partial charge < -0.3 is 14.0 Å². The van der Waals surface area contributed by atoms with Gasteiger partial charge in [-0.2, -0.15) is 0 Å². The molecule has 0 aliphatic heterocycles. The molecule has 0 bridgehead atoms. The van der Waals surface area contributed by atoms with Crippen LogP contribution in [-0.4, -0.2) is 11.9 Å². The lowest BCUT2D eigenvalue weighted by molar-refractivity contribution is 0.648. The van der Waals surface area contributed by atoms with E-state index in [0.29, 0.717) is 0 Å². The van der Waals surface area contributed by atoms with E-state index < -0.39 is 0 Å². The summed E-state index contributed by atoms with van der Waals surface area (Å²) in [4.78, 5) is 9.08. The first-order valence-corrected chi connectivity index (χ1v) is 7.68. The summed E-state index contributed by atoms with van der Waals surface area (Å²) in [5.41, 5.74) is 4.49. The van der Waals surface area contributed by atoms with E-state index in [0.717, 1.165) is 11.4 Å². The maximum Gasteiger partial charge on any atom is 0.117 e. The van der Waals surface area contributed by atoms with Gasteiger partial charge in [0.1, 0.15) is 8.96 Å². The molecule has 3 atom stereocenters. The Morgan fingerprint density at radius 3 is 1.63 bits per heavy atom. The topological polar surface area (TPSA) is 26.7 Å². The molecule has 0 aliphatic rings. The summed E-state index contributed by atoms with van der Waals surface area (Å²) in [5.74, 6) is 0. The SMILES string of the molecule is CN(P)c1ccc(-c2ccc(N(P)PO)cc2)cc1. The number of nitrogens with zero attached hydrogens (tertiary/aromatic N) is 2. The monoisotopic (exact) mass is 310 g/mol. The number of hydrogen-bond donors (Lipinski definition) is 1. The Kier molecular flexibility index (Phi) is 5.13. The Balaban J connectivity index is 2.22. The highest BCUT2D eigenvalue weighted by Crippen LogP contribution is 2.31. The van der Waals surface area contributed by atoms with E-state index in [1.807, 2.05) is 23.9 Å². The highest BCUT2D eigenvalue weighted by Gasteiger charge is 2.02. The van der Waals surface area contributed by atoms with Crippen molar-refractivity contribution in [1.82, 2.24) is 0 Å². The molecule has 3 nitrogen and oxygen atoms in total. The van der Waals surface area contributed by atoms with Crippen molar-refractivity contribution in [2.24, 2.45) is 0 Å². The molecule has 0 fully saturated rings. The second kappa shape index (κ2) is 6.64. The van der Waals surface area contributed by atoms with Gasteiger partial charge >= 0.3 is 0 Å². The second-order valence-corrected chi connectivity index (χ2v) is 6.66. The van der Waals surface area contributed by atoms with Gasteiger partial charge in [0, 0.05) is 18.4 Å². The van der Waals surface area contributed by atoms with Crippen LogP contribution in [0, 0.1) is 0 Å². The molecule has 0 saturated heterocycles. The summed E-state index contributed by atoms with van der Waals surface area (Å²) in [6.45, 7) is 0. The lowest BCUT2D eigenvalue weighted by atomic mass is 10.1. The Morgan fingerprint density at radius 1 is 0.842 bits per heavy atom. The summed E-state index contributed by atoms with van der Waals surface area (Å²) in [6.07, 6.45) is 0. The van der Waals surface area contributed by atoms with Crippen LogP contribution >= 0.6 is 27.7 Å². The first-order chi connectivity index (χ1) is 9.11. The fourth-order valence-corrected chi connectivity index (χ4v) is 2.37. The molecule has 100 valence electrons. The first kappa shape index (κ1) is 14.7. The van der Waals surface area contributed by atoms with Crippen LogP contribution in [0.5, 0.6) is 0 Å². The number of anilines is 2. The normalized spacial score (nSPS) is 10.9. The Morgan fingerprint density at radius 2 is 1.26 bits per heavy atom. The minimum Gasteiger partial charge on any atom is -0.359 e. The van der Waals surface area contributed by atoms with Crippen LogP contribution < -0.4 is 9.11 Å². The summed E-state index contributed by atoms with van der Waals surface area (Å²) in [6, 6.07) is 16.5. The minimum atomic E-state index is -0.244. The van der Waals surface area contributed by atoms with Crippen LogP contribution in [0.15, 0.2) is 48.5 Å². The van der Waals surface area contributed by atoms with E-state index >= 15 is 0 Å². The molecule has 2 aromatic rings. The lowest BCUT2D eigenvalue weighted by Gasteiger charge is -2.15. The lowest BCUT2D eigenvalue weighted by Crippen LogP contribution is -1.98. The third-order valence-electron chi connectivity index (χ3n) is 2.86. The molecule has 0 radical (unpaired) electrons. The zero-order valence-corrected chi connectivity index (χ0v) is 13.9. The molecular formula is C13H17N2OP3. The Hall–Kier alpha value is -0.710. The van der Waals surface area contributed by atoms with Crippen molar-refractivity contribution in [3.8, 4) is 11.1 Å². The fourth-order valence-electron chi connectivity index (χ4n) is 1.76. The molecule has 0 spiro atoms. The summed E-state index contributed by atoms with van der Waals surface area (Å²) >= 11 is 0. The summed E-state index contributed by atoms with van der Waals surface area (Å²) < 4.78 is 3.73. The highest BCUT2D eigenvalue weighted by molar-refractivity contribution is 7.47. The minimum absolute atomic E-state index is 0.244. The van der Waals surface area contributed by atoms with Crippen LogP contribution in [-0.2, 0) is 0 Å². The van der Waals surface area contributed by atoms with Gasteiger partial charge in [-0.25, -0.2) is 0 Å². The molecule has 2 aromatic carbocycles. The highest BCUT2D eigenvalue weighted by atomic mass is 31.1. The maximum atomic E-state index is 9.08. The van der Waals surface area contributed by atoms with Crippen LogP contribution in [0.2, 0.25) is 0 Å². The standard InChI is InChI=1S/C13H17N2OP3/c1-14(17)12-6-2-10(3-7-12)11-4-8-13(9-5-11)15(18)19-16/h2-9,16,19H,17-18H2,1H3. The fraction of sp³-hybridized carbons (Fsp3) is 0.0769.